The standard InChI is InChI=1S/C16H25NO/c1-10-6-13-9-17(3)5-4-12-8-11(2)16(18)14(7-10)15(12)13/h8,10,13-15,18H,4-7,9H2,1-3H3. The van der Waals surface area contributed by atoms with Crippen molar-refractivity contribution in [3.05, 3.63) is 23.0 Å². The van der Waals surface area contributed by atoms with E-state index in [9.17, 15) is 5.11 Å². The smallest absolute Gasteiger partial charge is 0.0988 e. The van der Waals surface area contributed by atoms with Gasteiger partial charge in [-0.1, -0.05) is 18.6 Å². The fraction of sp³-hybridized carbons (Fsp3) is 0.750. The van der Waals surface area contributed by atoms with Gasteiger partial charge in [-0.2, -0.15) is 0 Å². The fourth-order valence-corrected chi connectivity index (χ4v) is 4.49. The topological polar surface area (TPSA) is 23.5 Å². The number of hydrogen-bond acceptors (Lipinski definition) is 2. The van der Waals surface area contributed by atoms with Crippen LogP contribution in [-0.4, -0.2) is 30.1 Å². The van der Waals surface area contributed by atoms with Crippen LogP contribution in [0, 0.1) is 23.7 Å². The molecule has 100 valence electrons. The lowest BCUT2D eigenvalue weighted by Crippen LogP contribution is -2.39. The van der Waals surface area contributed by atoms with Crippen molar-refractivity contribution in [3.8, 4) is 0 Å². The third-order valence-corrected chi connectivity index (χ3v) is 5.22. The first kappa shape index (κ1) is 12.3. The molecule has 0 aromatic heterocycles. The maximum Gasteiger partial charge on any atom is 0.0988 e. The molecule has 18 heavy (non-hydrogen) atoms. The highest BCUT2D eigenvalue weighted by Crippen LogP contribution is 2.49. The SMILES string of the molecule is CC1=C(O)C2CC(C)CC3CN(C)CCC(=C1)C32. The van der Waals surface area contributed by atoms with Crippen LogP contribution in [0.5, 0.6) is 0 Å². The largest absolute Gasteiger partial charge is 0.512 e. The summed E-state index contributed by atoms with van der Waals surface area (Å²) in [5.74, 6) is 3.20. The summed E-state index contributed by atoms with van der Waals surface area (Å²) in [5, 5.41) is 10.4. The van der Waals surface area contributed by atoms with Gasteiger partial charge in [-0.15, -0.1) is 0 Å². The van der Waals surface area contributed by atoms with E-state index in [1.54, 1.807) is 5.57 Å². The Labute approximate surface area is 110 Å². The number of hydrogen-bond donors (Lipinski definition) is 1. The van der Waals surface area contributed by atoms with Gasteiger partial charge in [0.1, 0.15) is 0 Å². The summed E-state index contributed by atoms with van der Waals surface area (Å²) in [4.78, 5) is 2.48. The Balaban J connectivity index is 2.00. The molecule has 2 heteroatoms. The molecule has 0 radical (unpaired) electrons. The molecule has 3 rings (SSSR count). The Morgan fingerprint density at radius 2 is 2.11 bits per heavy atom. The second-order valence-electron chi connectivity index (χ2n) is 6.77. The highest BCUT2D eigenvalue weighted by atomic mass is 16.3. The maximum atomic E-state index is 10.4. The van der Waals surface area contributed by atoms with Gasteiger partial charge in [0.05, 0.1) is 5.76 Å². The van der Waals surface area contributed by atoms with E-state index in [0.717, 1.165) is 17.4 Å². The number of allylic oxidation sites excluding steroid dienone is 3. The minimum Gasteiger partial charge on any atom is -0.512 e. The van der Waals surface area contributed by atoms with Crippen molar-refractivity contribution in [1.29, 1.82) is 0 Å². The van der Waals surface area contributed by atoms with Crippen molar-refractivity contribution in [2.75, 3.05) is 20.1 Å². The van der Waals surface area contributed by atoms with Crippen molar-refractivity contribution in [2.45, 2.75) is 33.1 Å². The minimum atomic E-state index is 0.408. The molecule has 0 bridgehead atoms. The van der Waals surface area contributed by atoms with Gasteiger partial charge in [-0.3, -0.25) is 0 Å². The first-order valence-corrected chi connectivity index (χ1v) is 7.35. The Bertz CT molecular complexity index is 409. The summed E-state index contributed by atoms with van der Waals surface area (Å²) in [7, 11) is 2.24. The van der Waals surface area contributed by atoms with Crippen LogP contribution < -0.4 is 0 Å². The van der Waals surface area contributed by atoms with Crippen molar-refractivity contribution in [2.24, 2.45) is 23.7 Å². The number of aliphatic hydroxyl groups is 1. The lowest BCUT2D eigenvalue weighted by atomic mass is 9.62. The summed E-state index contributed by atoms with van der Waals surface area (Å²) in [5.41, 5.74) is 2.72. The van der Waals surface area contributed by atoms with Crippen molar-refractivity contribution in [3.63, 3.8) is 0 Å². The monoisotopic (exact) mass is 247 g/mol. The summed E-state index contributed by atoms with van der Waals surface area (Å²) in [6.07, 6.45) is 5.96. The molecule has 1 saturated carbocycles. The molecule has 2 fully saturated rings. The highest BCUT2D eigenvalue weighted by Gasteiger charge is 2.43. The Morgan fingerprint density at radius 3 is 2.89 bits per heavy atom. The van der Waals surface area contributed by atoms with Crippen molar-refractivity contribution < 1.29 is 5.11 Å². The van der Waals surface area contributed by atoms with Gasteiger partial charge in [0.25, 0.3) is 0 Å². The van der Waals surface area contributed by atoms with E-state index in [1.807, 2.05) is 0 Å². The second-order valence-corrected chi connectivity index (χ2v) is 6.77. The molecule has 2 nitrogen and oxygen atoms in total. The van der Waals surface area contributed by atoms with Gasteiger partial charge in [-0.25, -0.2) is 0 Å². The summed E-state index contributed by atoms with van der Waals surface area (Å²) in [6.45, 7) is 6.80. The van der Waals surface area contributed by atoms with Crippen LogP contribution in [0.4, 0.5) is 0 Å². The molecule has 0 aromatic rings. The summed E-state index contributed by atoms with van der Waals surface area (Å²) < 4.78 is 0. The zero-order chi connectivity index (χ0) is 12.9. The molecule has 1 heterocycles. The van der Waals surface area contributed by atoms with Gasteiger partial charge in [0.15, 0.2) is 0 Å². The quantitative estimate of drug-likeness (QED) is 0.709. The predicted molar refractivity (Wildman–Crippen MR) is 74.4 cm³/mol. The summed E-state index contributed by atoms with van der Waals surface area (Å²) in [6, 6.07) is 0. The number of aliphatic hydroxyl groups excluding tert-OH is 1. The summed E-state index contributed by atoms with van der Waals surface area (Å²) >= 11 is 0. The normalized spacial score (nSPS) is 41.2. The van der Waals surface area contributed by atoms with E-state index in [-0.39, 0.29) is 0 Å². The van der Waals surface area contributed by atoms with Crippen LogP contribution in [0.25, 0.3) is 0 Å². The van der Waals surface area contributed by atoms with Crippen molar-refractivity contribution >= 4 is 0 Å². The van der Waals surface area contributed by atoms with E-state index in [0.29, 0.717) is 17.6 Å². The predicted octanol–water partition coefficient (Wildman–Crippen LogP) is 3.37. The first-order chi connectivity index (χ1) is 8.56. The number of nitrogens with zero attached hydrogens (tertiary/aromatic N) is 1. The Morgan fingerprint density at radius 1 is 1.33 bits per heavy atom. The molecule has 2 aliphatic carbocycles. The second kappa shape index (κ2) is 4.41. The van der Waals surface area contributed by atoms with Gasteiger partial charge in [-0.05, 0) is 56.6 Å². The van der Waals surface area contributed by atoms with Crippen LogP contribution in [0.1, 0.15) is 33.1 Å². The Hall–Kier alpha value is -0.760. The van der Waals surface area contributed by atoms with E-state index in [4.69, 9.17) is 0 Å². The van der Waals surface area contributed by atoms with Crippen LogP contribution >= 0.6 is 0 Å². The van der Waals surface area contributed by atoms with Crippen LogP contribution in [0.3, 0.4) is 0 Å². The van der Waals surface area contributed by atoms with E-state index >= 15 is 0 Å². The molecular weight excluding hydrogens is 222 g/mol. The van der Waals surface area contributed by atoms with Crippen LogP contribution in [-0.2, 0) is 0 Å². The lowest BCUT2D eigenvalue weighted by Gasteiger charge is -2.43. The molecular formula is C16H25NO. The van der Waals surface area contributed by atoms with Crippen LogP contribution in [0.15, 0.2) is 23.0 Å². The first-order valence-electron chi connectivity index (χ1n) is 7.35. The van der Waals surface area contributed by atoms with Gasteiger partial charge < -0.3 is 10.0 Å². The van der Waals surface area contributed by atoms with E-state index in [1.165, 1.54) is 32.4 Å². The third-order valence-electron chi connectivity index (χ3n) is 5.22. The molecule has 0 aromatic carbocycles. The number of rotatable bonds is 0. The van der Waals surface area contributed by atoms with Crippen molar-refractivity contribution in [1.82, 2.24) is 4.90 Å². The fourth-order valence-electron chi connectivity index (χ4n) is 4.49. The maximum absolute atomic E-state index is 10.4. The zero-order valence-electron chi connectivity index (χ0n) is 11.8. The molecule has 4 unspecified atom stereocenters. The molecule has 0 spiro atoms. The average Bonchev–Trinajstić information content (AvgIpc) is 2.45. The molecule has 1 N–H and O–H groups in total. The molecule has 3 aliphatic rings. The van der Waals surface area contributed by atoms with Gasteiger partial charge in [0.2, 0.25) is 0 Å². The molecule has 0 amide bonds. The molecule has 1 aliphatic heterocycles. The highest BCUT2D eigenvalue weighted by molar-refractivity contribution is 5.35. The van der Waals surface area contributed by atoms with E-state index in [2.05, 4.69) is 31.9 Å². The molecule has 4 atom stereocenters. The van der Waals surface area contributed by atoms with E-state index < -0.39 is 0 Å². The molecule has 1 saturated heterocycles. The van der Waals surface area contributed by atoms with Gasteiger partial charge >= 0.3 is 0 Å². The minimum absolute atomic E-state index is 0.408. The van der Waals surface area contributed by atoms with Crippen LogP contribution in [0.2, 0.25) is 0 Å². The third kappa shape index (κ3) is 1.91. The van der Waals surface area contributed by atoms with Gasteiger partial charge in [0, 0.05) is 19.0 Å². The lowest BCUT2D eigenvalue weighted by molar-refractivity contribution is 0.108. The zero-order valence-corrected chi connectivity index (χ0v) is 11.8. The number of likely N-dealkylation sites (tertiary alicyclic amines) is 1. The average molecular weight is 247 g/mol. The Kier molecular flexibility index (Phi) is 3.01.